The second-order valence-corrected chi connectivity index (χ2v) is 7.06. The largest absolute Gasteiger partial charge is 0.338 e. The molecule has 1 aromatic heterocycles. The molecule has 26 heavy (non-hydrogen) atoms. The molecule has 1 unspecified atom stereocenters. The summed E-state index contributed by atoms with van der Waals surface area (Å²) in [5.41, 5.74) is 0.267. The fourth-order valence-corrected chi connectivity index (χ4v) is 3.33. The van der Waals surface area contributed by atoms with Crippen LogP contribution in [-0.4, -0.2) is 34.9 Å². The molecule has 144 valence electrons. The van der Waals surface area contributed by atoms with Crippen LogP contribution in [0, 0.1) is 5.41 Å². The summed E-state index contributed by atoms with van der Waals surface area (Å²) >= 11 is 0. The summed E-state index contributed by atoms with van der Waals surface area (Å²) in [6.07, 6.45) is 20.6. The van der Waals surface area contributed by atoms with E-state index >= 15 is 0 Å². The van der Waals surface area contributed by atoms with Gasteiger partial charge in [-0.1, -0.05) is 25.8 Å². The zero-order chi connectivity index (χ0) is 18.5. The lowest BCUT2D eigenvalue weighted by atomic mass is 9.77. The van der Waals surface area contributed by atoms with Crippen molar-refractivity contribution in [3.8, 4) is 0 Å². The highest BCUT2D eigenvalue weighted by atomic mass is 16.2. The number of hydrogen-bond acceptors (Lipinski definition) is 3. The van der Waals surface area contributed by atoms with E-state index in [9.17, 15) is 4.79 Å². The van der Waals surface area contributed by atoms with E-state index in [1.165, 1.54) is 19.3 Å². The van der Waals surface area contributed by atoms with E-state index in [1.807, 2.05) is 17.0 Å². The predicted octanol–water partition coefficient (Wildman–Crippen LogP) is 3.91. The first-order chi connectivity index (χ1) is 12.7. The Morgan fingerprint density at radius 1 is 1.19 bits per heavy atom. The minimum absolute atomic E-state index is 0.0670. The molecule has 1 aliphatic rings. The Balaban J connectivity index is 1.47. The molecule has 6 heteroatoms. The van der Waals surface area contributed by atoms with Crippen molar-refractivity contribution in [3.63, 3.8) is 0 Å². The minimum Gasteiger partial charge on any atom is -0.338 e. The molecule has 0 radical (unpaired) electrons. The van der Waals surface area contributed by atoms with Gasteiger partial charge >= 0.3 is 6.03 Å². The van der Waals surface area contributed by atoms with E-state index < -0.39 is 0 Å². The maximum absolute atomic E-state index is 11.8. The standard InChI is InChI=1S/C20H33N5O/c1-2-20(10-5-7-11-21-17-20)9-4-3-6-12-23-19(26)24-13-8-15-25-16-14-22-18-25/h7,11,14,16-18H,2-6,8-10,12-13,15H2,1H3,(H2,23,24,26). The molecular formula is C20H33N5O. The van der Waals surface area contributed by atoms with Crippen molar-refractivity contribution in [2.24, 2.45) is 10.4 Å². The van der Waals surface area contributed by atoms with Gasteiger partial charge < -0.3 is 15.2 Å². The fourth-order valence-electron chi connectivity index (χ4n) is 3.33. The number of unbranched alkanes of at least 4 members (excludes halogenated alkanes) is 2. The summed E-state index contributed by atoms with van der Waals surface area (Å²) in [7, 11) is 0. The summed E-state index contributed by atoms with van der Waals surface area (Å²) in [5.74, 6) is 0. The highest BCUT2D eigenvalue weighted by Gasteiger charge is 2.25. The molecule has 2 heterocycles. The first-order valence-corrected chi connectivity index (χ1v) is 9.91. The van der Waals surface area contributed by atoms with Crippen LogP contribution in [0.2, 0.25) is 0 Å². The van der Waals surface area contributed by atoms with Crippen LogP contribution in [0.4, 0.5) is 4.79 Å². The molecule has 0 spiro atoms. The maximum Gasteiger partial charge on any atom is 0.314 e. The van der Waals surface area contributed by atoms with Crippen molar-refractivity contribution in [2.75, 3.05) is 13.1 Å². The Kier molecular flexibility index (Phi) is 8.93. The van der Waals surface area contributed by atoms with Crippen molar-refractivity contribution in [3.05, 3.63) is 31.0 Å². The summed E-state index contributed by atoms with van der Waals surface area (Å²) in [6, 6.07) is -0.0670. The van der Waals surface area contributed by atoms with E-state index in [0.29, 0.717) is 6.54 Å². The molecule has 0 bridgehead atoms. The highest BCUT2D eigenvalue weighted by Crippen LogP contribution is 2.33. The van der Waals surface area contributed by atoms with E-state index in [0.717, 1.165) is 45.2 Å². The number of nitrogens with zero attached hydrogens (tertiary/aromatic N) is 3. The number of imidazole rings is 1. The second-order valence-electron chi connectivity index (χ2n) is 7.06. The monoisotopic (exact) mass is 359 g/mol. The van der Waals surface area contributed by atoms with Crippen LogP contribution in [-0.2, 0) is 6.54 Å². The van der Waals surface area contributed by atoms with Crippen LogP contribution in [0.5, 0.6) is 0 Å². The number of nitrogens with one attached hydrogen (secondary N) is 2. The number of rotatable bonds is 11. The lowest BCUT2D eigenvalue weighted by Crippen LogP contribution is -2.36. The normalized spacial score (nSPS) is 19.3. The number of carbonyl (C=O) groups excluding carboxylic acids is 1. The summed E-state index contributed by atoms with van der Waals surface area (Å²) in [4.78, 5) is 20.2. The fraction of sp³-hybridized carbons (Fsp3) is 0.650. The first-order valence-electron chi connectivity index (χ1n) is 9.91. The number of hydrogen-bond donors (Lipinski definition) is 2. The number of amides is 2. The van der Waals surface area contributed by atoms with Crippen molar-refractivity contribution in [1.82, 2.24) is 20.2 Å². The first kappa shape index (κ1) is 20.2. The smallest absolute Gasteiger partial charge is 0.314 e. The Hall–Kier alpha value is -2.11. The number of urea groups is 1. The molecule has 6 nitrogen and oxygen atoms in total. The van der Waals surface area contributed by atoms with Crippen LogP contribution in [0.15, 0.2) is 36.0 Å². The van der Waals surface area contributed by atoms with Crippen molar-refractivity contribution < 1.29 is 4.79 Å². The van der Waals surface area contributed by atoms with Gasteiger partial charge in [0.2, 0.25) is 0 Å². The minimum atomic E-state index is -0.0670. The topological polar surface area (TPSA) is 71.3 Å². The highest BCUT2D eigenvalue weighted by molar-refractivity contribution is 5.73. The van der Waals surface area contributed by atoms with Gasteiger partial charge in [0, 0.05) is 49.9 Å². The second kappa shape index (κ2) is 11.5. The van der Waals surface area contributed by atoms with Gasteiger partial charge in [-0.15, -0.1) is 0 Å². The molecule has 0 fully saturated rings. The molecule has 0 saturated heterocycles. The zero-order valence-corrected chi connectivity index (χ0v) is 16.0. The number of aromatic nitrogens is 2. The van der Waals surface area contributed by atoms with Gasteiger partial charge in [0.25, 0.3) is 0 Å². The third-order valence-corrected chi connectivity index (χ3v) is 5.13. The van der Waals surface area contributed by atoms with E-state index in [1.54, 1.807) is 12.5 Å². The van der Waals surface area contributed by atoms with Crippen LogP contribution < -0.4 is 10.6 Å². The van der Waals surface area contributed by atoms with E-state index in [2.05, 4.69) is 39.8 Å². The number of aliphatic imine (C=N–C) groups is 1. The molecule has 1 aromatic rings. The van der Waals surface area contributed by atoms with Gasteiger partial charge in [-0.3, -0.25) is 4.99 Å². The third-order valence-electron chi connectivity index (χ3n) is 5.13. The summed E-state index contributed by atoms with van der Waals surface area (Å²) < 4.78 is 2.01. The number of allylic oxidation sites excluding steroid dienone is 1. The van der Waals surface area contributed by atoms with Crippen LogP contribution in [0.25, 0.3) is 0 Å². The quantitative estimate of drug-likeness (QED) is 0.588. The lowest BCUT2D eigenvalue weighted by molar-refractivity contribution is 0.240. The van der Waals surface area contributed by atoms with E-state index in [4.69, 9.17) is 0 Å². The Morgan fingerprint density at radius 3 is 2.81 bits per heavy atom. The summed E-state index contributed by atoms with van der Waals surface area (Å²) in [6.45, 7) is 4.55. The molecule has 0 aliphatic carbocycles. The van der Waals surface area contributed by atoms with Gasteiger partial charge in [0.05, 0.1) is 6.33 Å². The average molecular weight is 360 g/mol. The predicted molar refractivity (Wildman–Crippen MR) is 106 cm³/mol. The molecule has 2 amide bonds. The van der Waals surface area contributed by atoms with Gasteiger partial charge in [-0.2, -0.15) is 0 Å². The van der Waals surface area contributed by atoms with Crippen LogP contribution in [0.3, 0.4) is 0 Å². The van der Waals surface area contributed by atoms with Crippen molar-refractivity contribution in [1.29, 1.82) is 0 Å². The Morgan fingerprint density at radius 2 is 2.04 bits per heavy atom. The molecule has 2 N–H and O–H groups in total. The van der Waals surface area contributed by atoms with Crippen LogP contribution in [0.1, 0.15) is 58.3 Å². The van der Waals surface area contributed by atoms with E-state index in [-0.39, 0.29) is 11.4 Å². The molecule has 2 rings (SSSR count). The zero-order valence-electron chi connectivity index (χ0n) is 16.0. The maximum atomic E-state index is 11.8. The van der Waals surface area contributed by atoms with Gasteiger partial charge in [-0.05, 0) is 38.5 Å². The van der Waals surface area contributed by atoms with Crippen molar-refractivity contribution in [2.45, 2.75) is 64.8 Å². The Labute approximate surface area is 157 Å². The average Bonchev–Trinajstić information content (AvgIpc) is 3.06. The molecule has 0 aromatic carbocycles. The van der Waals surface area contributed by atoms with Gasteiger partial charge in [0.1, 0.15) is 0 Å². The van der Waals surface area contributed by atoms with Crippen LogP contribution >= 0.6 is 0 Å². The van der Waals surface area contributed by atoms with Gasteiger partial charge in [-0.25, -0.2) is 9.78 Å². The molecular weight excluding hydrogens is 326 g/mol. The third kappa shape index (κ3) is 7.42. The lowest BCUT2D eigenvalue weighted by Gasteiger charge is -2.27. The van der Waals surface area contributed by atoms with Crippen molar-refractivity contribution >= 4 is 12.2 Å². The number of aryl methyl sites for hydroxylation is 1. The molecule has 1 aliphatic heterocycles. The molecule has 1 atom stereocenters. The SMILES string of the molecule is CCC1(CCCCCNC(=O)NCCCn2ccnc2)C=NC=CCC1. The Bertz CT molecular complexity index is 567. The number of carbonyl (C=O) groups is 1. The van der Waals surface area contributed by atoms with Gasteiger partial charge in [0.15, 0.2) is 0 Å². The molecule has 0 saturated carbocycles. The summed E-state index contributed by atoms with van der Waals surface area (Å²) in [5, 5.41) is 5.84.